The minimum atomic E-state index is -3.09. The summed E-state index contributed by atoms with van der Waals surface area (Å²) in [5.74, 6) is 0.509. The summed E-state index contributed by atoms with van der Waals surface area (Å²) in [7, 11) is 0.846. The van der Waals surface area contributed by atoms with Crippen molar-refractivity contribution in [3.05, 3.63) is 60.1 Å². The molecule has 0 saturated carbocycles. The first-order valence-electron chi connectivity index (χ1n) is 8.83. The fourth-order valence-electron chi connectivity index (χ4n) is 3.14. The SMILES string of the molecule is CN(C)c1ccc(CN(C(=O)/C=C/c2ccco2)C2CCS(=O)(=O)C2)cc1. The van der Waals surface area contributed by atoms with Gasteiger partial charge in [-0.15, -0.1) is 0 Å². The molecule has 6 nitrogen and oxygen atoms in total. The molecule has 0 radical (unpaired) electrons. The molecule has 1 aromatic carbocycles. The smallest absolute Gasteiger partial charge is 0.247 e. The summed E-state index contributed by atoms with van der Waals surface area (Å²) in [6.45, 7) is 0.370. The van der Waals surface area contributed by atoms with Gasteiger partial charge < -0.3 is 14.2 Å². The molecule has 27 heavy (non-hydrogen) atoms. The van der Waals surface area contributed by atoms with E-state index in [1.807, 2.05) is 43.3 Å². The highest BCUT2D eigenvalue weighted by Crippen LogP contribution is 2.22. The van der Waals surface area contributed by atoms with Crippen LogP contribution in [0.5, 0.6) is 0 Å². The van der Waals surface area contributed by atoms with Crippen LogP contribution >= 0.6 is 0 Å². The molecule has 1 fully saturated rings. The Morgan fingerprint density at radius 2 is 1.96 bits per heavy atom. The monoisotopic (exact) mass is 388 g/mol. The third-order valence-corrected chi connectivity index (χ3v) is 6.42. The van der Waals surface area contributed by atoms with Crippen LogP contribution in [0.1, 0.15) is 17.7 Å². The molecule has 1 unspecified atom stereocenters. The van der Waals surface area contributed by atoms with E-state index in [1.165, 1.54) is 12.3 Å². The predicted molar refractivity (Wildman–Crippen MR) is 106 cm³/mol. The molecule has 2 heterocycles. The molecule has 1 amide bonds. The van der Waals surface area contributed by atoms with Crippen LogP contribution in [0.3, 0.4) is 0 Å². The number of benzene rings is 1. The Balaban J connectivity index is 1.80. The van der Waals surface area contributed by atoms with Gasteiger partial charge in [0.15, 0.2) is 9.84 Å². The highest BCUT2D eigenvalue weighted by atomic mass is 32.2. The number of anilines is 1. The van der Waals surface area contributed by atoms with E-state index in [-0.39, 0.29) is 23.5 Å². The summed E-state index contributed by atoms with van der Waals surface area (Å²) in [4.78, 5) is 16.5. The van der Waals surface area contributed by atoms with E-state index in [4.69, 9.17) is 4.42 Å². The molecule has 3 rings (SSSR count). The maximum absolute atomic E-state index is 12.8. The van der Waals surface area contributed by atoms with Crippen LogP contribution in [0.2, 0.25) is 0 Å². The van der Waals surface area contributed by atoms with Crippen molar-refractivity contribution in [3.63, 3.8) is 0 Å². The molecule has 1 atom stereocenters. The van der Waals surface area contributed by atoms with E-state index >= 15 is 0 Å². The van der Waals surface area contributed by atoms with Crippen LogP contribution in [0, 0.1) is 0 Å². The van der Waals surface area contributed by atoms with Gasteiger partial charge in [-0.3, -0.25) is 4.79 Å². The number of hydrogen-bond acceptors (Lipinski definition) is 5. The number of carbonyl (C=O) groups is 1. The van der Waals surface area contributed by atoms with E-state index in [2.05, 4.69) is 0 Å². The van der Waals surface area contributed by atoms with Crippen LogP contribution in [0.4, 0.5) is 5.69 Å². The first kappa shape index (κ1) is 19.2. The van der Waals surface area contributed by atoms with Gasteiger partial charge in [0.05, 0.1) is 17.8 Å². The van der Waals surface area contributed by atoms with Gasteiger partial charge in [-0.1, -0.05) is 12.1 Å². The Morgan fingerprint density at radius 3 is 2.52 bits per heavy atom. The number of carbonyl (C=O) groups excluding carboxylic acids is 1. The quantitative estimate of drug-likeness (QED) is 0.712. The van der Waals surface area contributed by atoms with Crippen molar-refractivity contribution in [2.75, 3.05) is 30.5 Å². The van der Waals surface area contributed by atoms with Gasteiger partial charge in [0.1, 0.15) is 5.76 Å². The standard InChI is InChI=1S/C20H24N2O4S/c1-21(2)17-7-5-16(6-8-17)14-22(18-11-13-27(24,25)15-18)20(23)10-9-19-4-3-12-26-19/h3-10,12,18H,11,13-15H2,1-2H3/b10-9+. The highest BCUT2D eigenvalue weighted by molar-refractivity contribution is 7.91. The van der Waals surface area contributed by atoms with Gasteiger partial charge in [-0.25, -0.2) is 8.42 Å². The van der Waals surface area contributed by atoms with E-state index in [0.29, 0.717) is 18.7 Å². The number of sulfone groups is 1. The van der Waals surface area contributed by atoms with Crippen LogP contribution < -0.4 is 4.90 Å². The summed E-state index contributed by atoms with van der Waals surface area (Å²) < 4.78 is 29.0. The molecule has 0 spiro atoms. The van der Waals surface area contributed by atoms with Crippen molar-refractivity contribution in [3.8, 4) is 0 Å². The van der Waals surface area contributed by atoms with E-state index in [1.54, 1.807) is 23.1 Å². The molecule has 1 saturated heterocycles. The predicted octanol–water partition coefficient (Wildman–Crippen LogP) is 2.57. The summed E-state index contributed by atoms with van der Waals surface area (Å²) in [6.07, 6.45) is 5.06. The Morgan fingerprint density at radius 1 is 1.22 bits per heavy atom. The first-order valence-corrected chi connectivity index (χ1v) is 10.6. The van der Waals surface area contributed by atoms with Crippen molar-refractivity contribution in [1.82, 2.24) is 4.90 Å². The van der Waals surface area contributed by atoms with Gasteiger partial charge in [-0.05, 0) is 42.3 Å². The third-order valence-electron chi connectivity index (χ3n) is 4.67. The van der Waals surface area contributed by atoms with Gasteiger partial charge in [0, 0.05) is 38.4 Å². The van der Waals surface area contributed by atoms with Crippen LogP contribution in [-0.4, -0.2) is 50.9 Å². The molecule has 1 aromatic heterocycles. The third kappa shape index (κ3) is 5.01. The Labute approximate surface area is 160 Å². The average molecular weight is 388 g/mol. The van der Waals surface area contributed by atoms with Crippen molar-refractivity contribution in [2.45, 2.75) is 19.0 Å². The molecule has 0 aliphatic carbocycles. The van der Waals surface area contributed by atoms with Gasteiger partial charge in [0.25, 0.3) is 0 Å². The lowest BCUT2D eigenvalue weighted by molar-refractivity contribution is -0.128. The van der Waals surface area contributed by atoms with Crippen LogP contribution in [-0.2, 0) is 21.2 Å². The Hall–Kier alpha value is -2.54. The zero-order chi connectivity index (χ0) is 19.4. The molecule has 0 bridgehead atoms. The van der Waals surface area contributed by atoms with Crippen molar-refractivity contribution >= 4 is 27.5 Å². The van der Waals surface area contributed by atoms with E-state index in [0.717, 1.165) is 11.3 Å². The zero-order valence-electron chi connectivity index (χ0n) is 15.5. The van der Waals surface area contributed by atoms with Crippen molar-refractivity contribution in [2.24, 2.45) is 0 Å². The molecule has 1 aliphatic heterocycles. The molecular formula is C20H24N2O4S. The number of nitrogens with zero attached hydrogens (tertiary/aromatic N) is 2. The Kier molecular flexibility index (Phi) is 5.70. The molecule has 0 N–H and O–H groups in total. The highest BCUT2D eigenvalue weighted by Gasteiger charge is 2.34. The lowest BCUT2D eigenvalue weighted by atomic mass is 10.1. The molecule has 1 aliphatic rings. The second-order valence-electron chi connectivity index (χ2n) is 6.93. The number of furan rings is 1. The number of hydrogen-bond donors (Lipinski definition) is 0. The van der Waals surface area contributed by atoms with Gasteiger partial charge in [-0.2, -0.15) is 0 Å². The summed E-state index contributed by atoms with van der Waals surface area (Å²) in [5.41, 5.74) is 2.03. The van der Waals surface area contributed by atoms with Crippen molar-refractivity contribution < 1.29 is 17.6 Å². The van der Waals surface area contributed by atoms with Crippen LogP contribution in [0.15, 0.2) is 53.2 Å². The normalized spacial score (nSPS) is 18.7. The maximum atomic E-state index is 12.8. The second-order valence-corrected chi connectivity index (χ2v) is 9.16. The Bertz CT molecular complexity index is 900. The van der Waals surface area contributed by atoms with Gasteiger partial charge >= 0.3 is 0 Å². The molecule has 144 valence electrons. The molecular weight excluding hydrogens is 364 g/mol. The second kappa shape index (κ2) is 8.00. The van der Waals surface area contributed by atoms with Gasteiger partial charge in [0.2, 0.25) is 5.91 Å². The molecule has 7 heteroatoms. The van der Waals surface area contributed by atoms with Crippen molar-refractivity contribution in [1.29, 1.82) is 0 Å². The summed E-state index contributed by atoms with van der Waals surface area (Å²) in [5, 5.41) is 0. The minimum absolute atomic E-state index is 0.0170. The topological polar surface area (TPSA) is 70.8 Å². The fourth-order valence-corrected chi connectivity index (χ4v) is 4.87. The van der Waals surface area contributed by atoms with E-state index in [9.17, 15) is 13.2 Å². The number of amides is 1. The summed E-state index contributed by atoms with van der Waals surface area (Å²) in [6, 6.07) is 11.1. The lowest BCUT2D eigenvalue weighted by Gasteiger charge is -2.27. The number of rotatable bonds is 6. The average Bonchev–Trinajstić information content (AvgIpc) is 3.27. The minimum Gasteiger partial charge on any atom is -0.465 e. The largest absolute Gasteiger partial charge is 0.465 e. The fraction of sp³-hybridized carbons (Fsp3) is 0.350. The zero-order valence-corrected chi connectivity index (χ0v) is 16.4. The summed E-state index contributed by atoms with van der Waals surface area (Å²) >= 11 is 0. The molecule has 2 aromatic rings. The first-order chi connectivity index (χ1) is 12.8. The maximum Gasteiger partial charge on any atom is 0.247 e. The van der Waals surface area contributed by atoms with Crippen LogP contribution in [0.25, 0.3) is 6.08 Å². The van der Waals surface area contributed by atoms with E-state index < -0.39 is 9.84 Å². The lowest BCUT2D eigenvalue weighted by Crippen LogP contribution is -2.39.